The van der Waals surface area contributed by atoms with Crippen molar-refractivity contribution in [1.29, 1.82) is 0 Å². The molecule has 0 aromatic rings. The molecule has 0 saturated heterocycles. The Kier molecular flexibility index (Phi) is 18.1. The first-order valence-electron chi connectivity index (χ1n) is 16.8. The summed E-state index contributed by atoms with van der Waals surface area (Å²) in [4.78, 5) is 47.3. The van der Waals surface area contributed by atoms with Crippen LogP contribution in [-0.4, -0.2) is 136 Å². The van der Waals surface area contributed by atoms with E-state index in [2.05, 4.69) is 0 Å². The zero-order valence-corrected chi connectivity index (χ0v) is 31.0. The van der Waals surface area contributed by atoms with E-state index < -0.39 is 66.3 Å². The zero-order valence-electron chi connectivity index (χ0n) is 31.0. The fraction of sp³-hybridized carbons (Fsp3) is 1.00. The van der Waals surface area contributed by atoms with Gasteiger partial charge in [0.25, 0.3) is 0 Å². The molecule has 0 aliphatic carbocycles. The van der Waals surface area contributed by atoms with Crippen LogP contribution in [0.15, 0.2) is 0 Å². The van der Waals surface area contributed by atoms with Gasteiger partial charge in [-0.3, -0.25) is 50.3 Å². The summed E-state index contributed by atoms with van der Waals surface area (Å²) in [7, 11) is 0. The molecule has 6 unspecified atom stereocenters. The summed E-state index contributed by atoms with van der Waals surface area (Å²) in [6.07, 6.45) is -4.53. The first-order valence-corrected chi connectivity index (χ1v) is 16.8. The molecular formula is C31H62N6O12. The quantitative estimate of drug-likeness (QED) is 0.0743. The second-order valence-corrected chi connectivity index (χ2v) is 16.6. The van der Waals surface area contributed by atoms with Crippen molar-refractivity contribution in [2.45, 2.75) is 148 Å². The molecule has 0 saturated carbocycles. The highest BCUT2D eigenvalue weighted by Crippen LogP contribution is 2.23. The lowest BCUT2D eigenvalue weighted by Gasteiger charge is -2.34. The van der Waals surface area contributed by atoms with Crippen LogP contribution in [0.25, 0.3) is 0 Å². The third-order valence-electron chi connectivity index (χ3n) is 8.74. The monoisotopic (exact) mass is 710 g/mol. The van der Waals surface area contributed by atoms with Gasteiger partial charge in [-0.15, -0.1) is 0 Å². The number of nitrogens with zero attached hydrogens (tertiary/aromatic N) is 6. The van der Waals surface area contributed by atoms with E-state index in [1.165, 1.54) is 55.4 Å². The smallest absolute Gasteiger partial charge is 0.219 e. The topological polar surface area (TPSA) is 260 Å². The Hall–Kier alpha value is -2.64. The van der Waals surface area contributed by atoms with Gasteiger partial charge in [-0.05, 0) is 18.3 Å². The molecule has 18 heteroatoms. The van der Waals surface area contributed by atoms with Gasteiger partial charge in [0.05, 0.1) is 24.4 Å². The average molecular weight is 711 g/mol. The lowest BCUT2D eigenvalue weighted by atomic mass is 9.93. The average Bonchev–Trinajstić information content (AvgIpc) is 2.86. The number of hydrogen-bond donors (Lipinski definition) is 4. The standard InChI is InChI=1S/C31H62N6O12/c1-22(16-32(18-24(38)12-28(3,4)34(42)43)19-25(39)13-29(5,6)35(44)45)11-23(2)17-33(20-26(40)14-30(7,8)36(46)47)21-27(41)15-31(9,10)37(48)49/h22-27,38-41H,11-21H2,1-10H3. The van der Waals surface area contributed by atoms with Crippen molar-refractivity contribution in [3.63, 3.8) is 0 Å². The number of aliphatic hydroxyl groups excluding tert-OH is 4. The molecule has 0 heterocycles. The van der Waals surface area contributed by atoms with Gasteiger partial charge >= 0.3 is 0 Å². The van der Waals surface area contributed by atoms with Gasteiger partial charge in [0.15, 0.2) is 0 Å². The van der Waals surface area contributed by atoms with Crippen molar-refractivity contribution < 1.29 is 40.1 Å². The van der Waals surface area contributed by atoms with Gasteiger partial charge in [-0.2, -0.15) is 0 Å². The minimum absolute atomic E-state index is 0.0189. The summed E-state index contributed by atoms with van der Waals surface area (Å²) in [5, 5.41) is 88.9. The maximum absolute atomic E-state index is 11.4. The number of rotatable bonds is 26. The van der Waals surface area contributed by atoms with E-state index in [0.717, 1.165) is 0 Å². The Balaban J connectivity index is 5.88. The molecular weight excluding hydrogens is 648 g/mol. The Labute approximate surface area is 289 Å². The third kappa shape index (κ3) is 17.7. The molecule has 0 amide bonds. The molecule has 0 fully saturated rings. The fourth-order valence-corrected chi connectivity index (χ4v) is 6.22. The van der Waals surface area contributed by atoms with Gasteiger partial charge in [-0.25, -0.2) is 0 Å². The van der Waals surface area contributed by atoms with E-state index in [1.807, 2.05) is 13.8 Å². The molecule has 4 N–H and O–H groups in total. The fourth-order valence-electron chi connectivity index (χ4n) is 6.22. The maximum Gasteiger partial charge on any atom is 0.219 e. The largest absolute Gasteiger partial charge is 0.392 e. The van der Waals surface area contributed by atoms with Gasteiger partial charge < -0.3 is 20.4 Å². The van der Waals surface area contributed by atoms with Crippen LogP contribution in [0.4, 0.5) is 0 Å². The summed E-state index contributed by atoms with van der Waals surface area (Å²) in [5.41, 5.74) is -5.61. The van der Waals surface area contributed by atoms with Crippen molar-refractivity contribution in [2.75, 3.05) is 39.3 Å². The molecule has 0 aliphatic heterocycles. The summed E-state index contributed by atoms with van der Waals surface area (Å²) in [5.74, 6) is -0.167. The summed E-state index contributed by atoms with van der Waals surface area (Å²) in [6, 6.07) is 0. The molecule has 0 radical (unpaired) electrons. The predicted molar refractivity (Wildman–Crippen MR) is 183 cm³/mol. The minimum Gasteiger partial charge on any atom is -0.392 e. The Morgan fingerprint density at radius 1 is 0.449 bits per heavy atom. The molecule has 0 spiro atoms. The molecule has 288 valence electrons. The van der Waals surface area contributed by atoms with Gasteiger partial charge in [-0.1, -0.05) is 13.8 Å². The molecule has 0 bridgehead atoms. The lowest BCUT2D eigenvalue weighted by molar-refractivity contribution is -0.563. The van der Waals surface area contributed by atoms with Crippen LogP contribution in [0, 0.1) is 52.3 Å². The highest BCUT2D eigenvalue weighted by Gasteiger charge is 2.38. The first kappa shape index (κ1) is 46.4. The van der Waals surface area contributed by atoms with Gasteiger partial charge in [0.2, 0.25) is 22.2 Å². The van der Waals surface area contributed by atoms with Crippen LogP contribution < -0.4 is 0 Å². The lowest BCUT2D eigenvalue weighted by Crippen LogP contribution is -2.46. The van der Waals surface area contributed by atoms with E-state index in [0.29, 0.717) is 19.5 Å². The van der Waals surface area contributed by atoms with Crippen molar-refractivity contribution in [3.8, 4) is 0 Å². The molecule has 6 atom stereocenters. The number of aliphatic hydroxyl groups is 4. The van der Waals surface area contributed by atoms with Crippen LogP contribution in [-0.2, 0) is 0 Å². The molecule has 18 nitrogen and oxygen atoms in total. The van der Waals surface area contributed by atoms with E-state index >= 15 is 0 Å². The van der Waals surface area contributed by atoms with E-state index in [-0.39, 0.29) is 63.7 Å². The molecule has 0 aromatic carbocycles. The van der Waals surface area contributed by atoms with Crippen molar-refractivity contribution in [2.24, 2.45) is 11.8 Å². The molecule has 0 aromatic heterocycles. The van der Waals surface area contributed by atoms with Crippen LogP contribution in [0.2, 0.25) is 0 Å². The summed E-state index contributed by atoms with van der Waals surface area (Å²) < 4.78 is 0. The summed E-state index contributed by atoms with van der Waals surface area (Å²) >= 11 is 0. The van der Waals surface area contributed by atoms with Crippen LogP contribution in [0.3, 0.4) is 0 Å². The first-order chi connectivity index (χ1) is 22.0. The van der Waals surface area contributed by atoms with E-state index in [9.17, 15) is 60.9 Å². The molecule has 0 rings (SSSR count). The third-order valence-corrected chi connectivity index (χ3v) is 8.74. The minimum atomic E-state index is -1.40. The van der Waals surface area contributed by atoms with Gasteiger partial charge in [0.1, 0.15) is 0 Å². The Morgan fingerprint density at radius 2 is 0.633 bits per heavy atom. The SMILES string of the molecule is CC(CC(C)CN(CC(O)CC(C)(C)[N+](=O)[O-])CC(O)CC(C)(C)[N+](=O)[O-])CN(CC(O)CC(C)(C)[N+](=O)[O-])CC(O)CC(C)(C)[N+](=O)[O-]. The van der Waals surface area contributed by atoms with E-state index in [1.54, 1.807) is 9.80 Å². The van der Waals surface area contributed by atoms with Crippen LogP contribution in [0.1, 0.15) is 101 Å². The number of hydrogen-bond acceptors (Lipinski definition) is 14. The second-order valence-electron chi connectivity index (χ2n) is 16.6. The molecule has 0 aliphatic rings. The van der Waals surface area contributed by atoms with Crippen LogP contribution in [0.5, 0.6) is 0 Å². The normalized spacial score (nSPS) is 17.0. The Morgan fingerprint density at radius 3 is 0.796 bits per heavy atom. The number of nitro groups is 4. The predicted octanol–water partition coefficient (Wildman–Crippen LogP) is 2.48. The van der Waals surface area contributed by atoms with Gasteiger partial charge in [0, 0.05) is 140 Å². The Bertz CT molecular complexity index is 935. The van der Waals surface area contributed by atoms with Crippen molar-refractivity contribution in [3.05, 3.63) is 40.5 Å². The highest BCUT2D eigenvalue weighted by atomic mass is 16.6. The van der Waals surface area contributed by atoms with Crippen LogP contribution >= 0.6 is 0 Å². The molecule has 49 heavy (non-hydrogen) atoms. The summed E-state index contributed by atoms with van der Waals surface area (Å²) in [6.45, 7) is 15.6. The second kappa shape index (κ2) is 19.1. The van der Waals surface area contributed by atoms with Crippen molar-refractivity contribution >= 4 is 0 Å². The maximum atomic E-state index is 11.4. The van der Waals surface area contributed by atoms with E-state index in [4.69, 9.17) is 0 Å². The van der Waals surface area contributed by atoms with Crippen molar-refractivity contribution in [1.82, 2.24) is 9.80 Å². The highest BCUT2D eigenvalue weighted by molar-refractivity contribution is 4.82. The zero-order chi connectivity index (χ0) is 38.7.